The third kappa shape index (κ3) is 2.73. The quantitative estimate of drug-likeness (QED) is 0.803. The first-order valence-electron chi connectivity index (χ1n) is 7.67. The summed E-state index contributed by atoms with van der Waals surface area (Å²) in [6.07, 6.45) is 2.05. The standard InChI is InChI=1S/C19H21NO2S/c1-15-9-11-18(12-10-15)23(21,22)20-14-16(2)13-19(20,3)17-7-5-4-6-8-17/h4-13H,14H2,1-3H3/t19-/m0/s1. The lowest BCUT2D eigenvalue weighted by Crippen LogP contribution is -2.43. The third-order valence-electron chi connectivity index (χ3n) is 4.41. The fourth-order valence-electron chi connectivity index (χ4n) is 3.16. The van der Waals surface area contributed by atoms with Gasteiger partial charge in [-0.05, 0) is 38.5 Å². The minimum absolute atomic E-state index is 0.341. The molecule has 23 heavy (non-hydrogen) atoms. The van der Waals surface area contributed by atoms with Crippen LogP contribution < -0.4 is 0 Å². The second kappa shape index (κ2) is 5.62. The highest BCUT2D eigenvalue weighted by Crippen LogP contribution is 2.40. The molecule has 1 aliphatic heterocycles. The molecule has 0 N–H and O–H groups in total. The predicted octanol–water partition coefficient (Wildman–Crippen LogP) is 3.86. The molecule has 0 aromatic heterocycles. The Kier molecular flexibility index (Phi) is 3.90. The summed E-state index contributed by atoms with van der Waals surface area (Å²) in [4.78, 5) is 0.341. The van der Waals surface area contributed by atoms with Crippen LogP contribution in [0.3, 0.4) is 0 Å². The fourth-order valence-corrected chi connectivity index (χ4v) is 4.93. The number of rotatable bonds is 3. The van der Waals surface area contributed by atoms with Crippen LogP contribution in [0.4, 0.5) is 0 Å². The summed E-state index contributed by atoms with van der Waals surface area (Å²) in [7, 11) is -3.56. The molecule has 0 amide bonds. The first-order chi connectivity index (χ1) is 10.8. The van der Waals surface area contributed by atoms with Crippen molar-refractivity contribution in [2.45, 2.75) is 31.2 Å². The third-order valence-corrected chi connectivity index (χ3v) is 6.36. The van der Waals surface area contributed by atoms with Crippen LogP contribution >= 0.6 is 0 Å². The molecule has 120 valence electrons. The summed E-state index contributed by atoms with van der Waals surface area (Å²) < 4.78 is 27.9. The SMILES string of the molecule is CC1=C[C@@](C)(c2ccccc2)N(S(=O)(=O)c2ccc(C)cc2)C1. The van der Waals surface area contributed by atoms with Crippen LogP contribution in [0, 0.1) is 6.92 Å². The Morgan fingerprint density at radius 1 is 0.957 bits per heavy atom. The molecule has 0 unspecified atom stereocenters. The molecule has 1 atom stereocenters. The lowest BCUT2D eigenvalue weighted by molar-refractivity contribution is 0.306. The van der Waals surface area contributed by atoms with E-state index in [1.165, 1.54) is 0 Å². The van der Waals surface area contributed by atoms with Gasteiger partial charge in [0.15, 0.2) is 0 Å². The second-order valence-corrected chi connectivity index (χ2v) is 8.19. The number of aryl methyl sites for hydroxylation is 1. The van der Waals surface area contributed by atoms with Crippen molar-refractivity contribution in [3.63, 3.8) is 0 Å². The molecular formula is C19H21NO2S. The maximum absolute atomic E-state index is 13.2. The first kappa shape index (κ1) is 16.0. The van der Waals surface area contributed by atoms with E-state index in [-0.39, 0.29) is 0 Å². The van der Waals surface area contributed by atoms with E-state index in [1.54, 1.807) is 16.4 Å². The molecule has 0 fully saturated rings. The van der Waals surface area contributed by atoms with Gasteiger partial charge in [-0.1, -0.05) is 59.7 Å². The number of nitrogens with zero attached hydrogens (tertiary/aromatic N) is 1. The van der Waals surface area contributed by atoms with E-state index in [9.17, 15) is 8.42 Å². The highest BCUT2D eigenvalue weighted by molar-refractivity contribution is 7.89. The van der Waals surface area contributed by atoms with Gasteiger partial charge >= 0.3 is 0 Å². The van der Waals surface area contributed by atoms with E-state index in [4.69, 9.17) is 0 Å². The number of sulfonamides is 1. The number of hydrogen-bond acceptors (Lipinski definition) is 2. The molecule has 1 aliphatic rings. The Hall–Kier alpha value is -1.91. The van der Waals surface area contributed by atoms with E-state index in [0.29, 0.717) is 11.4 Å². The van der Waals surface area contributed by atoms with Gasteiger partial charge < -0.3 is 0 Å². The van der Waals surface area contributed by atoms with Crippen LogP contribution in [0.1, 0.15) is 25.0 Å². The highest BCUT2D eigenvalue weighted by atomic mass is 32.2. The van der Waals surface area contributed by atoms with Crippen molar-refractivity contribution in [2.75, 3.05) is 6.54 Å². The Labute approximate surface area is 138 Å². The second-order valence-electron chi connectivity index (χ2n) is 6.33. The van der Waals surface area contributed by atoms with Gasteiger partial charge in [0.25, 0.3) is 0 Å². The maximum atomic E-state index is 13.2. The summed E-state index contributed by atoms with van der Waals surface area (Å²) in [5, 5.41) is 0. The lowest BCUT2D eigenvalue weighted by atomic mass is 9.93. The highest BCUT2D eigenvalue weighted by Gasteiger charge is 2.44. The number of benzene rings is 2. The minimum atomic E-state index is -3.56. The average molecular weight is 327 g/mol. The maximum Gasteiger partial charge on any atom is 0.244 e. The van der Waals surface area contributed by atoms with E-state index in [0.717, 1.165) is 16.7 Å². The minimum Gasteiger partial charge on any atom is -0.207 e. The molecule has 0 bridgehead atoms. The Morgan fingerprint density at radius 3 is 2.17 bits per heavy atom. The Bertz CT molecular complexity index is 839. The summed E-state index contributed by atoms with van der Waals surface area (Å²) in [6.45, 7) is 6.31. The van der Waals surface area contributed by atoms with Crippen molar-refractivity contribution < 1.29 is 8.42 Å². The van der Waals surface area contributed by atoms with E-state index in [1.807, 2.05) is 69.3 Å². The molecule has 0 aliphatic carbocycles. The first-order valence-corrected chi connectivity index (χ1v) is 9.11. The molecule has 2 aromatic rings. The molecule has 0 saturated heterocycles. The fraction of sp³-hybridized carbons (Fsp3) is 0.263. The molecule has 1 heterocycles. The monoisotopic (exact) mass is 327 g/mol. The van der Waals surface area contributed by atoms with Gasteiger partial charge in [0, 0.05) is 6.54 Å². The molecule has 0 spiro atoms. The van der Waals surface area contributed by atoms with Gasteiger partial charge in [-0.25, -0.2) is 8.42 Å². The van der Waals surface area contributed by atoms with Crippen molar-refractivity contribution in [3.05, 3.63) is 77.4 Å². The predicted molar refractivity (Wildman–Crippen MR) is 92.6 cm³/mol. The average Bonchev–Trinajstić information content (AvgIpc) is 2.85. The van der Waals surface area contributed by atoms with Crippen LogP contribution in [-0.4, -0.2) is 19.3 Å². The van der Waals surface area contributed by atoms with Gasteiger partial charge in [-0.15, -0.1) is 0 Å². The van der Waals surface area contributed by atoms with Gasteiger partial charge in [0.1, 0.15) is 0 Å². The molecule has 0 radical (unpaired) electrons. The van der Waals surface area contributed by atoms with Crippen molar-refractivity contribution in [1.82, 2.24) is 4.31 Å². The van der Waals surface area contributed by atoms with Crippen molar-refractivity contribution in [3.8, 4) is 0 Å². The molecule has 3 nitrogen and oxygen atoms in total. The van der Waals surface area contributed by atoms with E-state index in [2.05, 4.69) is 0 Å². The van der Waals surface area contributed by atoms with Gasteiger partial charge in [-0.2, -0.15) is 4.31 Å². The normalized spacial score (nSPS) is 22.1. The van der Waals surface area contributed by atoms with Gasteiger partial charge in [-0.3, -0.25) is 0 Å². The topological polar surface area (TPSA) is 37.4 Å². The summed E-state index contributed by atoms with van der Waals surface area (Å²) in [5.41, 5.74) is 2.43. The largest absolute Gasteiger partial charge is 0.244 e. The van der Waals surface area contributed by atoms with Crippen LogP contribution in [0.5, 0.6) is 0 Å². The molecule has 4 heteroatoms. The van der Waals surface area contributed by atoms with Crippen LogP contribution in [-0.2, 0) is 15.6 Å². The lowest BCUT2D eigenvalue weighted by Gasteiger charge is -2.34. The van der Waals surface area contributed by atoms with Crippen molar-refractivity contribution >= 4 is 10.0 Å². The summed E-state index contributed by atoms with van der Waals surface area (Å²) >= 11 is 0. The summed E-state index contributed by atoms with van der Waals surface area (Å²) in [5.74, 6) is 0. The molecule has 0 saturated carbocycles. The van der Waals surface area contributed by atoms with Crippen LogP contribution in [0.15, 0.2) is 71.1 Å². The Morgan fingerprint density at radius 2 is 1.57 bits per heavy atom. The summed E-state index contributed by atoms with van der Waals surface area (Å²) in [6, 6.07) is 16.8. The number of hydrogen-bond donors (Lipinski definition) is 0. The Balaban J connectivity index is 2.10. The zero-order chi connectivity index (χ0) is 16.7. The van der Waals surface area contributed by atoms with Crippen LogP contribution in [0.2, 0.25) is 0 Å². The smallest absolute Gasteiger partial charge is 0.207 e. The van der Waals surface area contributed by atoms with Crippen LogP contribution in [0.25, 0.3) is 0 Å². The van der Waals surface area contributed by atoms with Crippen molar-refractivity contribution in [1.29, 1.82) is 0 Å². The molecule has 2 aromatic carbocycles. The molecular weight excluding hydrogens is 306 g/mol. The molecule has 3 rings (SSSR count). The van der Waals surface area contributed by atoms with Gasteiger partial charge in [0.2, 0.25) is 10.0 Å². The van der Waals surface area contributed by atoms with E-state index < -0.39 is 15.6 Å². The zero-order valence-corrected chi connectivity index (χ0v) is 14.5. The zero-order valence-electron chi connectivity index (χ0n) is 13.7. The van der Waals surface area contributed by atoms with Gasteiger partial charge in [0.05, 0.1) is 10.4 Å². The van der Waals surface area contributed by atoms with Crippen molar-refractivity contribution in [2.24, 2.45) is 0 Å². The van der Waals surface area contributed by atoms with E-state index >= 15 is 0 Å².